The van der Waals surface area contributed by atoms with E-state index < -0.39 is 0 Å². The van der Waals surface area contributed by atoms with Crippen LogP contribution in [0.5, 0.6) is 11.5 Å². The number of amides is 1. The normalized spacial score (nSPS) is 17.4. The molecular weight excluding hydrogens is 395 g/mol. The summed E-state index contributed by atoms with van der Waals surface area (Å²) < 4.78 is 5.09. The molecule has 1 amide bonds. The first-order chi connectivity index (χ1) is 12.4. The highest BCUT2D eigenvalue weighted by molar-refractivity contribution is 8.18. The molecule has 134 valence electrons. The number of carbonyl (C=O) groups is 1. The van der Waals surface area contributed by atoms with E-state index in [0.717, 1.165) is 0 Å². The van der Waals surface area contributed by atoms with Gasteiger partial charge < -0.3 is 9.84 Å². The predicted octanol–water partition coefficient (Wildman–Crippen LogP) is 4.94. The summed E-state index contributed by atoms with van der Waals surface area (Å²) in [5, 5.41) is 11.1. The first-order valence-electron chi connectivity index (χ1n) is 7.47. The van der Waals surface area contributed by atoms with Crippen LogP contribution in [0.15, 0.2) is 46.3 Å². The summed E-state index contributed by atoms with van der Waals surface area (Å²) in [5.41, 5.74) is 1.34. The van der Waals surface area contributed by atoms with Crippen molar-refractivity contribution in [3.05, 3.63) is 56.9 Å². The zero-order valence-electron chi connectivity index (χ0n) is 13.9. The average Bonchev–Trinajstić information content (AvgIpc) is 2.88. The van der Waals surface area contributed by atoms with E-state index in [1.807, 2.05) is 0 Å². The zero-order valence-corrected chi connectivity index (χ0v) is 16.2. The van der Waals surface area contributed by atoms with E-state index in [1.54, 1.807) is 49.5 Å². The molecule has 0 bridgehead atoms. The van der Waals surface area contributed by atoms with E-state index in [2.05, 4.69) is 4.99 Å². The van der Waals surface area contributed by atoms with Crippen LogP contribution < -0.4 is 4.74 Å². The van der Waals surface area contributed by atoms with Crippen LogP contribution in [0.2, 0.25) is 10.0 Å². The van der Waals surface area contributed by atoms with Crippen molar-refractivity contribution < 1.29 is 14.6 Å². The highest BCUT2D eigenvalue weighted by Gasteiger charge is 2.30. The maximum Gasteiger partial charge on any atom is 0.266 e. The molecule has 0 aromatic heterocycles. The number of ether oxygens (including phenoxy) is 1. The van der Waals surface area contributed by atoms with Crippen molar-refractivity contribution in [1.29, 1.82) is 0 Å². The molecule has 1 fully saturated rings. The molecule has 0 aliphatic carbocycles. The summed E-state index contributed by atoms with van der Waals surface area (Å²) >= 11 is 13.1. The average molecular weight is 409 g/mol. The molecular formula is C18H14Cl2N2O3S. The first-order valence-corrected chi connectivity index (χ1v) is 9.04. The van der Waals surface area contributed by atoms with Crippen molar-refractivity contribution in [2.24, 2.45) is 4.99 Å². The fraction of sp³-hybridized carbons (Fsp3) is 0.111. The Kier molecular flexibility index (Phi) is 5.46. The highest BCUT2D eigenvalue weighted by Crippen LogP contribution is 2.38. The Bertz CT molecular complexity index is 927. The quantitative estimate of drug-likeness (QED) is 0.730. The van der Waals surface area contributed by atoms with Gasteiger partial charge in [0.15, 0.2) is 16.7 Å². The maximum atomic E-state index is 12.5. The van der Waals surface area contributed by atoms with Crippen molar-refractivity contribution in [1.82, 2.24) is 4.90 Å². The Hall–Kier alpha value is -2.15. The molecule has 8 heteroatoms. The van der Waals surface area contributed by atoms with E-state index in [1.165, 1.54) is 23.8 Å². The largest absolute Gasteiger partial charge is 0.503 e. The van der Waals surface area contributed by atoms with Gasteiger partial charge in [-0.3, -0.25) is 9.69 Å². The van der Waals surface area contributed by atoms with Gasteiger partial charge in [0, 0.05) is 12.1 Å². The minimum atomic E-state index is -0.175. The van der Waals surface area contributed by atoms with E-state index in [0.29, 0.717) is 26.3 Å². The van der Waals surface area contributed by atoms with Gasteiger partial charge in [0.25, 0.3) is 5.91 Å². The molecule has 0 unspecified atom stereocenters. The number of nitrogens with zero attached hydrogens (tertiary/aromatic N) is 2. The second kappa shape index (κ2) is 7.61. The van der Waals surface area contributed by atoms with Crippen LogP contribution in [0.4, 0.5) is 5.69 Å². The topological polar surface area (TPSA) is 62.1 Å². The van der Waals surface area contributed by atoms with Gasteiger partial charge >= 0.3 is 0 Å². The van der Waals surface area contributed by atoms with Crippen LogP contribution in [-0.4, -0.2) is 35.2 Å². The first kappa shape index (κ1) is 18.6. The van der Waals surface area contributed by atoms with Crippen LogP contribution in [0, 0.1) is 0 Å². The zero-order chi connectivity index (χ0) is 18.8. The number of halogens is 2. The molecule has 0 saturated carbocycles. The number of aliphatic imine (C=N–C) groups is 1. The van der Waals surface area contributed by atoms with E-state index >= 15 is 0 Å². The molecule has 1 N–H and O–H groups in total. The number of phenols is 1. The number of aromatic hydroxyl groups is 1. The molecule has 1 heterocycles. The molecule has 2 aromatic rings. The van der Waals surface area contributed by atoms with Gasteiger partial charge in [0.2, 0.25) is 0 Å². The molecule has 5 nitrogen and oxygen atoms in total. The van der Waals surface area contributed by atoms with Gasteiger partial charge in [0.05, 0.1) is 22.7 Å². The van der Waals surface area contributed by atoms with Gasteiger partial charge in [-0.05, 0) is 59.8 Å². The predicted molar refractivity (Wildman–Crippen MR) is 107 cm³/mol. The summed E-state index contributed by atoms with van der Waals surface area (Å²) in [6.45, 7) is 0. The monoisotopic (exact) mass is 408 g/mol. The van der Waals surface area contributed by atoms with Gasteiger partial charge in [-0.15, -0.1) is 0 Å². The van der Waals surface area contributed by atoms with Crippen molar-refractivity contribution in [2.45, 2.75) is 0 Å². The number of benzene rings is 2. The van der Waals surface area contributed by atoms with Gasteiger partial charge in [-0.25, -0.2) is 4.99 Å². The van der Waals surface area contributed by atoms with Crippen molar-refractivity contribution in [3.63, 3.8) is 0 Å². The number of hydrogen-bond acceptors (Lipinski definition) is 5. The lowest BCUT2D eigenvalue weighted by Gasteiger charge is -2.07. The van der Waals surface area contributed by atoms with Gasteiger partial charge in [-0.1, -0.05) is 23.2 Å². The molecule has 1 aliphatic heterocycles. The second-order valence-corrected chi connectivity index (χ2v) is 7.25. The number of likely N-dealkylation sites (N-methyl/N-ethyl adjacent to an activating group) is 1. The summed E-state index contributed by atoms with van der Waals surface area (Å²) in [5.74, 6) is -0.0714. The van der Waals surface area contributed by atoms with E-state index in [-0.39, 0.29) is 22.4 Å². The number of methoxy groups -OCH3 is 1. The molecule has 3 rings (SSSR count). The second-order valence-electron chi connectivity index (χ2n) is 5.40. The Morgan fingerprint density at radius 1 is 1.23 bits per heavy atom. The Morgan fingerprint density at radius 2 is 1.92 bits per heavy atom. The van der Waals surface area contributed by atoms with E-state index in [9.17, 15) is 9.90 Å². The van der Waals surface area contributed by atoms with Crippen LogP contribution in [0.1, 0.15) is 5.56 Å². The van der Waals surface area contributed by atoms with E-state index in [4.69, 9.17) is 27.9 Å². The SMILES string of the molecule is COc1cc(/C=C2\SC(=Nc3ccc(Cl)cc3)N(C)C2=O)cc(Cl)c1O. The number of rotatable bonds is 3. The number of carbonyl (C=O) groups excluding carboxylic acids is 1. The smallest absolute Gasteiger partial charge is 0.266 e. The lowest BCUT2D eigenvalue weighted by atomic mass is 10.2. The van der Waals surface area contributed by atoms with Crippen LogP contribution in [0.3, 0.4) is 0 Å². The summed E-state index contributed by atoms with van der Waals surface area (Å²) in [4.78, 5) is 18.9. The summed E-state index contributed by atoms with van der Waals surface area (Å²) in [6, 6.07) is 10.2. The van der Waals surface area contributed by atoms with Gasteiger partial charge in [0.1, 0.15) is 0 Å². The van der Waals surface area contributed by atoms with Crippen LogP contribution in [-0.2, 0) is 4.79 Å². The number of amidine groups is 1. The molecule has 2 aromatic carbocycles. The van der Waals surface area contributed by atoms with Crippen molar-refractivity contribution in [2.75, 3.05) is 14.2 Å². The Morgan fingerprint density at radius 3 is 2.58 bits per heavy atom. The third-order valence-electron chi connectivity index (χ3n) is 3.62. The highest BCUT2D eigenvalue weighted by atomic mass is 35.5. The molecule has 26 heavy (non-hydrogen) atoms. The molecule has 0 spiro atoms. The Labute approximate surface area is 164 Å². The third kappa shape index (κ3) is 3.82. The molecule has 1 aliphatic rings. The van der Waals surface area contributed by atoms with Crippen molar-refractivity contribution >= 4 is 57.8 Å². The Balaban J connectivity index is 1.92. The number of phenolic OH excluding ortho intramolecular Hbond substituents is 1. The summed E-state index contributed by atoms with van der Waals surface area (Å²) in [7, 11) is 3.09. The van der Waals surface area contributed by atoms with Gasteiger partial charge in [-0.2, -0.15) is 0 Å². The molecule has 1 saturated heterocycles. The van der Waals surface area contributed by atoms with Crippen LogP contribution >= 0.6 is 35.0 Å². The minimum Gasteiger partial charge on any atom is -0.503 e. The lowest BCUT2D eigenvalue weighted by molar-refractivity contribution is -0.121. The fourth-order valence-corrected chi connectivity index (χ4v) is 3.59. The third-order valence-corrected chi connectivity index (χ3v) is 5.22. The minimum absolute atomic E-state index is 0.135. The number of thioether (sulfide) groups is 1. The molecule has 0 radical (unpaired) electrons. The maximum absolute atomic E-state index is 12.5. The molecule has 0 atom stereocenters. The lowest BCUT2D eigenvalue weighted by Crippen LogP contribution is -2.23. The summed E-state index contributed by atoms with van der Waals surface area (Å²) in [6.07, 6.45) is 1.68. The van der Waals surface area contributed by atoms with Crippen molar-refractivity contribution in [3.8, 4) is 11.5 Å². The van der Waals surface area contributed by atoms with Crippen LogP contribution in [0.25, 0.3) is 6.08 Å². The standard InChI is InChI=1S/C18H14Cl2N2O3S/c1-22-17(24)15(9-10-7-13(20)16(23)14(8-10)25-2)26-18(22)21-12-5-3-11(19)4-6-12/h3-9,23H,1-2H3/b15-9-,21-18?. The number of hydrogen-bond donors (Lipinski definition) is 1. The fourth-order valence-electron chi connectivity index (χ4n) is 2.26.